The first-order chi connectivity index (χ1) is 15.0. The Morgan fingerprint density at radius 2 is 1.65 bits per heavy atom. The zero-order chi connectivity index (χ0) is 22.2. The molecular formula is C27H26ClN3. The molecule has 0 aliphatic heterocycles. The smallest absolute Gasteiger partial charge is 0.0991 e. The van der Waals surface area contributed by atoms with E-state index in [0.717, 1.165) is 17.5 Å². The fourth-order valence-corrected chi connectivity index (χ4v) is 4.11. The quantitative estimate of drug-likeness (QED) is 0.447. The molecule has 0 spiro atoms. The van der Waals surface area contributed by atoms with Crippen LogP contribution in [-0.2, 0) is 6.42 Å². The van der Waals surface area contributed by atoms with E-state index in [1.165, 1.54) is 11.1 Å². The van der Waals surface area contributed by atoms with Gasteiger partial charge >= 0.3 is 0 Å². The van der Waals surface area contributed by atoms with Gasteiger partial charge in [0, 0.05) is 23.0 Å². The van der Waals surface area contributed by atoms with Gasteiger partial charge in [-0.05, 0) is 61.2 Å². The minimum Gasteiger partial charge on any atom is -0.306 e. The summed E-state index contributed by atoms with van der Waals surface area (Å²) in [6.45, 7) is 4.22. The van der Waals surface area contributed by atoms with E-state index in [2.05, 4.69) is 55.6 Å². The Balaban J connectivity index is 1.91. The maximum absolute atomic E-state index is 9.43. The van der Waals surface area contributed by atoms with Crippen LogP contribution in [-0.4, -0.2) is 6.04 Å². The number of benzene rings is 3. The van der Waals surface area contributed by atoms with Gasteiger partial charge in [-0.15, -0.1) is 0 Å². The monoisotopic (exact) mass is 427 g/mol. The number of nitrogens with zero attached hydrogens (tertiary/aromatic N) is 2. The summed E-state index contributed by atoms with van der Waals surface area (Å²) in [5, 5.41) is 23.2. The van der Waals surface area contributed by atoms with Gasteiger partial charge in [-0.25, -0.2) is 0 Å². The van der Waals surface area contributed by atoms with Gasteiger partial charge in [0.2, 0.25) is 0 Å². The molecule has 0 aliphatic carbocycles. The van der Waals surface area contributed by atoms with E-state index in [0.29, 0.717) is 17.0 Å². The van der Waals surface area contributed by atoms with Crippen molar-refractivity contribution in [3.63, 3.8) is 0 Å². The molecule has 2 unspecified atom stereocenters. The molecule has 3 atom stereocenters. The van der Waals surface area contributed by atoms with E-state index < -0.39 is 0 Å². The average molecular weight is 428 g/mol. The van der Waals surface area contributed by atoms with E-state index in [1.54, 1.807) is 0 Å². The van der Waals surface area contributed by atoms with Crippen LogP contribution in [0.4, 0.5) is 0 Å². The van der Waals surface area contributed by atoms with Crippen molar-refractivity contribution in [1.82, 2.24) is 5.32 Å². The summed E-state index contributed by atoms with van der Waals surface area (Å²) in [6.07, 6.45) is 1.19. The Labute approximate surface area is 189 Å². The van der Waals surface area contributed by atoms with Gasteiger partial charge in [0.15, 0.2) is 0 Å². The van der Waals surface area contributed by atoms with Crippen LogP contribution >= 0.6 is 11.6 Å². The van der Waals surface area contributed by atoms with E-state index in [4.69, 9.17) is 11.6 Å². The van der Waals surface area contributed by atoms with Crippen molar-refractivity contribution in [3.05, 3.63) is 106 Å². The molecule has 3 aromatic carbocycles. The van der Waals surface area contributed by atoms with Crippen LogP contribution in [0.5, 0.6) is 0 Å². The highest BCUT2D eigenvalue weighted by molar-refractivity contribution is 6.30. The van der Waals surface area contributed by atoms with Crippen molar-refractivity contribution in [2.75, 3.05) is 0 Å². The van der Waals surface area contributed by atoms with Crippen molar-refractivity contribution < 1.29 is 0 Å². The van der Waals surface area contributed by atoms with Gasteiger partial charge < -0.3 is 5.32 Å². The first kappa shape index (κ1) is 22.6. The molecule has 0 saturated carbocycles. The van der Waals surface area contributed by atoms with Gasteiger partial charge in [0.05, 0.1) is 24.1 Å². The predicted octanol–water partition coefficient (Wildman–Crippen LogP) is 6.48. The molecule has 156 valence electrons. The van der Waals surface area contributed by atoms with Crippen LogP contribution in [0.15, 0.2) is 72.8 Å². The molecule has 0 bridgehead atoms. The van der Waals surface area contributed by atoms with Crippen molar-refractivity contribution >= 4 is 11.6 Å². The molecule has 1 N–H and O–H groups in total. The van der Waals surface area contributed by atoms with Gasteiger partial charge in [-0.1, -0.05) is 65.7 Å². The number of nitrogens with one attached hydrogen (secondary N) is 1. The molecule has 3 rings (SSSR count). The SMILES string of the molecule is Cc1cccc([C@H](CC#N)NC(C)C(Cc2ccc(Cl)cc2)c2cccc(C#N)c2)c1. The first-order valence-electron chi connectivity index (χ1n) is 10.4. The lowest BCUT2D eigenvalue weighted by atomic mass is 9.85. The van der Waals surface area contributed by atoms with E-state index in [9.17, 15) is 10.5 Å². The average Bonchev–Trinajstić information content (AvgIpc) is 2.78. The Morgan fingerprint density at radius 1 is 0.935 bits per heavy atom. The zero-order valence-corrected chi connectivity index (χ0v) is 18.6. The predicted molar refractivity (Wildman–Crippen MR) is 126 cm³/mol. The summed E-state index contributed by atoms with van der Waals surface area (Å²) in [5.74, 6) is 0.125. The standard InChI is InChI=1S/C27H26ClN3/c1-19-5-3-8-24(15-19)27(13-14-29)31-20(2)26(17-21-9-11-25(28)12-10-21)23-7-4-6-22(16-23)18-30/h3-12,15-16,20,26-27,31H,13,17H2,1-2H3/t20?,26?,27-/m0/s1. The molecule has 4 heteroatoms. The Bertz CT molecular complexity index is 1090. The zero-order valence-electron chi connectivity index (χ0n) is 17.8. The van der Waals surface area contributed by atoms with Crippen LogP contribution in [0.25, 0.3) is 0 Å². The number of nitriles is 2. The molecule has 0 saturated heterocycles. The Kier molecular flexibility index (Phi) is 7.85. The highest BCUT2D eigenvalue weighted by atomic mass is 35.5. The summed E-state index contributed by atoms with van der Waals surface area (Å²) >= 11 is 6.07. The molecule has 0 fully saturated rings. The largest absolute Gasteiger partial charge is 0.306 e. The number of rotatable bonds is 8. The van der Waals surface area contributed by atoms with E-state index in [1.807, 2.05) is 48.5 Å². The lowest BCUT2D eigenvalue weighted by molar-refractivity contribution is 0.401. The van der Waals surface area contributed by atoms with E-state index in [-0.39, 0.29) is 18.0 Å². The summed E-state index contributed by atoms with van der Waals surface area (Å²) in [7, 11) is 0. The minimum atomic E-state index is -0.0632. The van der Waals surface area contributed by atoms with Crippen molar-refractivity contribution in [2.45, 2.75) is 44.7 Å². The fourth-order valence-electron chi connectivity index (χ4n) is 3.98. The lowest BCUT2D eigenvalue weighted by Gasteiger charge is -2.30. The third-order valence-corrected chi connectivity index (χ3v) is 5.87. The summed E-state index contributed by atoms with van der Waals surface area (Å²) in [5.41, 5.74) is 5.23. The molecular weight excluding hydrogens is 402 g/mol. The summed E-state index contributed by atoms with van der Waals surface area (Å²) < 4.78 is 0. The van der Waals surface area contributed by atoms with Gasteiger partial charge in [0.25, 0.3) is 0 Å². The van der Waals surface area contributed by atoms with Crippen molar-refractivity contribution in [3.8, 4) is 12.1 Å². The maximum atomic E-state index is 9.43. The van der Waals surface area contributed by atoms with Crippen LogP contribution in [0.1, 0.15) is 53.1 Å². The molecule has 0 heterocycles. The maximum Gasteiger partial charge on any atom is 0.0991 e. The third-order valence-electron chi connectivity index (χ3n) is 5.62. The van der Waals surface area contributed by atoms with E-state index >= 15 is 0 Å². The highest BCUT2D eigenvalue weighted by Crippen LogP contribution is 2.29. The minimum absolute atomic E-state index is 0.0632. The van der Waals surface area contributed by atoms with Crippen LogP contribution < -0.4 is 5.32 Å². The molecule has 31 heavy (non-hydrogen) atoms. The molecule has 0 amide bonds. The Hall–Kier alpha value is -3.11. The van der Waals surface area contributed by atoms with Crippen LogP contribution in [0.3, 0.4) is 0 Å². The second-order valence-electron chi connectivity index (χ2n) is 7.96. The molecule has 0 radical (unpaired) electrons. The second kappa shape index (κ2) is 10.8. The number of halogens is 1. The highest BCUT2D eigenvalue weighted by Gasteiger charge is 2.24. The van der Waals surface area contributed by atoms with Gasteiger partial charge in [-0.2, -0.15) is 10.5 Å². The Morgan fingerprint density at radius 3 is 2.32 bits per heavy atom. The van der Waals surface area contributed by atoms with Gasteiger partial charge in [0.1, 0.15) is 0 Å². The first-order valence-corrected chi connectivity index (χ1v) is 10.8. The molecule has 3 nitrogen and oxygen atoms in total. The topological polar surface area (TPSA) is 59.6 Å². The summed E-state index contributed by atoms with van der Waals surface area (Å²) in [4.78, 5) is 0. The second-order valence-corrected chi connectivity index (χ2v) is 8.40. The lowest BCUT2D eigenvalue weighted by Crippen LogP contribution is -2.36. The third kappa shape index (κ3) is 6.19. The summed E-state index contributed by atoms with van der Waals surface area (Å²) in [6, 6.07) is 28.6. The fraction of sp³-hybridized carbons (Fsp3) is 0.259. The number of hydrogen-bond acceptors (Lipinski definition) is 3. The number of hydrogen-bond donors (Lipinski definition) is 1. The molecule has 0 aromatic heterocycles. The van der Waals surface area contributed by atoms with Crippen molar-refractivity contribution in [2.24, 2.45) is 0 Å². The molecule has 0 aliphatic rings. The normalized spacial score (nSPS) is 13.6. The van der Waals surface area contributed by atoms with Crippen LogP contribution in [0.2, 0.25) is 5.02 Å². The van der Waals surface area contributed by atoms with Crippen molar-refractivity contribution in [1.29, 1.82) is 10.5 Å². The van der Waals surface area contributed by atoms with Crippen LogP contribution in [0, 0.1) is 29.6 Å². The molecule has 3 aromatic rings. The van der Waals surface area contributed by atoms with Gasteiger partial charge in [-0.3, -0.25) is 0 Å². The number of aryl methyl sites for hydroxylation is 1.